The first-order chi connectivity index (χ1) is 22.8. The maximum absolute atomic E-state index is 17.0. The van der Waals surface area contributed by atoms with Crippen LogP contribution in [0.25, 0.3) is 32.9 Å². The molecule has 13 heteroatoms. The number of rotatable bonds is 8. The molecule has 2 atom stereocenters. The number of carboxylic acid groups (broad SMARTS) is 1. The van der Waals surface area contributed by atoms with Crippen LogP contribution in [0.4, 0.5) is 15.0 Å². The Morgan fingerprint density at radius 2 is 1.87 bits per heavy atom. The molecular weight excluding hydrogens is 627 g/mol. The molecule has 4 aromatic rings. The summed E-state index contributed by atoms with van der Waals surface area (Å²) in [6, 6.07) is 8.76. The lowest BCUT2D eigenvalue weighted by atomic mass is 9.95. The molecule has 1 amide bonds. The molecule has 47 heavy (non-hydrogen) atoms. The average Bonchev–Trinajstić information content (AvgIpc) is 3.73. The smallest absolute Gasteiger partial charge is 0.407 e. The van der Waals surface area contributed by atoms with E-state index in [1.165, 1.54) is 7.11 Å². The maximum Gasteiger partial charge on any atom is 0.407 e. The van der Waals surface area contributed by atoms with E-state index in [9.17, 15) is 9.90 Å². The summed E-state index contributed by atoms with van der Waals surface area (Å²) in [5, 5.41) is 12.1. The SMILES string of the molecule is COCOc1cc(-c2ncc3c(N4C[C@H]5CC[C@@H](C4)N5C(=O)O)nc(OCC45CCCN4CCC5)nc3c2F)c2c(Cl)cccc2c1. The Balaban J connectivity index is 1.25. The molecule has 6 heterocycles. The predicted octanol–water partition coefficient (Wildman–Crippen LogP) is 5.96. The highest BCUT2D eigenvalue weighted by Crippen LogP contribution is 2.42. The molecule has 0 radical (unpaired) electrons. The van der Waals surface area contributed by atoms with Gasteiger partial charge in [-0.05, 0) is 75.2 Å². The van der Waals surface area contributed by atoms with Crippen LogP contribution in [-0.4, -0.2) is 100 Å². The average molecular weight is 663 g/mol. The summed E-state index contributed by atoms with van der Waals surface area (Å²) in [6.45, 7) is 3.43. The molecule has 1 N–H and O–H groups in total. The molecule has 0 saturated carbocycles. The number of amides is 1. The fourth-order valence-corrected chi connectivity index (χ4v) is 8.60. The minimum absolute atomic E-state index is 0.0203. The van der Waals surface area contributed by atoms with E-state index in [0.29, 0.717) is 52.6 Å². The number of hydrogen-bond acceptors (Lipinski definition) is 9. The summed E-state index contributed by atoms with van der Waals surface area (Å²) < 4.78 is 34.2. The van der Waals surface area contributed by atoms with Crippen molar-refractivity contribution in [1.82, 2.24) is 24.8 Å². The van der Waals surface area contributed by atoms with Crippen LogP contribution in [0.3, 0.4) is 0 Å². The van der Waals surface area contributed by atoms with Gasteiger partial charge < -0.3 is 24.2 Å². The van der Waals surface area contributed by atoms with Crippen molar-refractivity contribution in [2.45, 2.75) is 56.1 Å². The molecule has 4 saturated heterocycles. The van der Waals surface area contributed by atoms with E-state index in [-0.39, 0.29) is 41.6 Å². The monoisotopic (exact) mass is 662 g/mol. The van der Waals surface area contributed by atoms with Crippen molar-refractivity contribution < 1.29 is 28.5 Å². The molecule has 4 fully saturated rings. The van der Waals surface area contributed by atoms with Crippen LogP contribution in [0, 0.1) is 5.82 Å². The van der Waals surface area contributed by atoms with Gasteiger partial charge in [-0.2, -0.15) is 9.97 Å². The summed E-state index contributed by atoms with van der Waals surface area (Å²) >= 11 is 6.69. The molecule has 246 valence electrons. The van der Waals surface area contributed by atoms with Crippen molar-refractivity contribution >= 4 is 45.2 Å². The Morgan fingerprint density at radius 1 is 1.11 bits per heavy atom. The number of pyridine rings is 1. The van der Waals surface area contributed by atoms with E-state index < -0.39 is 11.9 Å². The molecule has 11 nitrogen and oxygen atoms in total. The van der Waals surface area contributed by atoms with E-state index in [4.69, 9.17) is 30.8 Å². The van der Waals surface area contributed by atoms with E-state index in [0.717, 1.165) is 57.0 Å². The van der Waals surface area contributed by atoms with Gasteiger partial charge in [0.25, 0.3) is 0 Å². The van der Waals surface area contributed by atoms with Crippen LogP contribution in [0.5, 0.6) is 11.8 Å². The number of carbonyl (C=O) groups is 1. The van der Waals surface area contributed by atoms with Crippen molar-refractivity contribution in [2.24, 2.45) is 0 Å². The summed E-state index contributed by atoms with van der Waals surface area (Å²) in [5.74, 6) is 0.348. The van der Waals surface area contributed by atoms with Crippen LogP contribution >= 0.6 is 11.6 Å². The molecule has 0 unspecified atom stereocenters. The zero-order valence-corrected chi connectivity index (χ0v) is 26.9. The quantitative estimate of drug-likeness (QED) is 0.227. The van der Waals surface area contributed by atoms with Gasteiger partial charge in [-0.15, -0.1) is 0 Å². The molecule has 2 aromatic heterocycles. The minimum atomic E-state index is -0.911. The van der Waals surface area contributed by atoms with Crippen molar-refractivity contribution in [3.8, 4) is 23.0 Å². The van der Waals surface area contributed by atoms with Crippen LogP contribution in [0.1, 0.15) is 38.5 Å². The second-order valence-electron chi connectivity index (χ2n) is 13.1. The molecular formula is C34H36ClFN6O5. The number of piperazine rings is 1. The van der Waals surface area contributed by atoms with Gasteiger partial charge in [-0.1, -0.05) is 23.7 Å². The fraction of sp³-hybridized carbons (Fsp3) is 0.471. The Labute approximate surface area is 276 Å². The standard InChI is InChI=1S/C34H36ClFN6O5/c1-45-19-47-23-13-20-5-2-6-26(35)27(20)24(14-23)29-28(36)30-25(15-37-29)31(40-16-21-7-8-22(17-40)42(21)33(43)44)39-32(38-30)46-18-34-9-3-11-41(34)12-4-10-34/h2,5-6,13-15,21-22H,3-4,7-12,16-19H2,1H3,(H,43,44)/t21-,22+. The summed E-state index contributed by atoms with van der Waals surface area (Å²) in [4.78, 5) is 32.3. The molecule has 2 bridgehead atoms. The molecule has 0 spiro atoms. The lowest BCUT2D eigenvalue weighted by Crippen LogP contribution is -2.55. The first-order valence-electron chi connectivity index (χ1n) is 16.2. The number of nitrogens with zero attached hydrogens (tertiary/aromatic N) is 6. The van der Waals surface area contributed by atoms with Crippen molar-refractivity contribution in [1.29, 1.82) is 0 Å². The number of fused-ring (bicyclic) bond motifs is 5. The van der Waals surface area contributed by atoms with Crippen molar-refractivity contribution in [3.05, 3.63) is 47.4 Å². The van der Waals surface area contributed by atoms with Crippen LogP contribution < -0.4 is 14.4 Å². The molecule has 0 aliphatic carbocycles. The Morgan fingerprint density at radius 3 is 2.60 bits per heavy atom. The van der Waals surface area contributed by atoms with Gasteiger partial charge in [-0.3, -0.25) is 14.8 Å². The van der Waals surface area contributed by atoms with E-state index in [1.807, 2.05) is 23.1 Å². The largest absolute Gasteiger partial charge is 0.468 e. The first kappa shape index (κ1) is 30.3. The number of benzene rings is 2. The van der Waals surface area contributed by atoms with E-state index >= 15 is 4.39 Å². The predicted molar refractivity (Wildman–Crippen MR) is 175 cm³/mol. The minimum Gasteiger partial charge on any atom is -0.468 e. The highest BCUT2D eigenvalue weighted by Gasteiger charge is 2.46. The number of methoxy groups -OCH3 is 1. The highest BCUT2D eigenvalue weighted by molar-refractivity contribution is 6.36. The zero-order valence-electron chi connectivity index (χ0n) is 26.1. The lowest BCUT2D eigenvalue weighted by Gasteiger charge is -2.40. The number of ether oxygens (including phenoxy) is 3. The molecule has 8 rings (SSSR count). The van der Waals surface area contributed by atoms with Crippen molar-refractivity contribution in [3.63, 3.8) is 0 Å². The number of anilines is 1. The third-order valence-corrected chi connectivity index (χ3v) is 10.7. The molecule has 4 aliphatic heterocycles. The van der Waals surface area contributed by atoms with Crippen molar-refractivity contribution in [2.75, 3.05) is 51.6 Å². The Kier molecular flexibility index (Phi) is 7.69. The topological polar surface area (TPSA) is 113 Å². The fourth-order valence-electron chi connectivity index (χ4n) is 8.31. The second-order valence-corrected chi connectivity index (χ2v) is 13.5. The van der Waals surface area contributed by atoms with Crippen LogP contribution in [-0.2, 0) is 4.74 Å². The number of hydrogen-bond donors (Lipinski definition) is 1. The molecule has 4 aliphatic rings. The summed E-state index contributed by atoms with van der Waals surface area (Å²) in [6.07, 6.45) is 6.56. The number of halogens is 2. The summed E-state index contributed by atoms with van der Waals surface area (Å²) in [5.41, 5.74) is 0.561. The highest BCUT2D eigenvalue weighted by atomic mass is 35.5. The third-order valence-electron chi connectivity index (χ3n) is 10.4. The van der Waals surface area contributed by atoms with Gasteiger partial charge >= 0.3 is 12.1 Å². The van der Waals surface area contributed by atoms with E-state index in [1.54, 1.807) is 23.2 Å². The lowest BCUT2D eigenvalue weighted by molar-refractivity contribution is 0.0512. The Bertz CT molecular complexity index is 1850. The third kappa shape index (κ3) is 5.17. The molecule has 2 aromatic carbocycles. The van der Waals surface area contributed by atoms with Crippen LogP contribution in [0.2, 0.25) is 5.02 Å². The van der Waals surface area contributed by atoms with Gasteiger partial charge in [-0.25, -0.2) is 9.18 Å². The van der Waals surface area contributed by atoms with Gasteiger partial charge in [0.2, 0.25) is 0 Å². The van der Waals surface area contributed by atoms with Gasteiger partial charge in [0, 0.05) is 42.4 Å². The summed E-state index contributed by atoms with van der Waals surface area (Å²) in [7, 11) is 1.53. The maximum atomic E-state index is 17.0. The number of aromatic nitrogens is 3. The van der Waals surface area contributed by atoms with Gasteiger partial charge in [0.05, 0.1) is 23.0 Å². The first-order valence-corrected chi connectivity index (χ1v) is 16.6. The normalized spacial score (nSPS) is 21.9. The van der Waals surface area contributed by atoms with Gasteiger partial charge in [0.15, 0.2) is 12.6 Å². The second kappa shape index (κ2) is 11.9. The van der Waals surface area contributed by atoms with Crippen LogP contribution in [0.15, 0.2) is 36.5 Å². The zero-order chi connectivity index (χ0) is 32.3. The van der Waals surface area contributed by atoms with Gasteiger partial charge in [0.1, 0.15) is 29.4 Å². The Hall–Kier alpha value is -4.00. The van der Waals surface area contributed by atoms with E-state index in [2.05, 4.69) is 14.9 Å².